The number of benzene rings is 1. The first-order valence-electron chi connectivity index (χ1n) is 10.1. The highest BCUT2D eigenvalue weighted by Gasteiger charge is 2.25. The summed E-state index contributed by atoms with van der Waals surface area (Å²) < 4.78 is 10.6. The van der Waals surface area contributed by atoms with Crippen molar-refractivity contribution in [2.24, 2.45) is 0 Å². The summed E-state index contributed by atoms with van der Waals surface area (Å²) in [5, 5.41) is 6.11. The van der Waals surface area contributed by atoms with Crippen molar-refractivity contribution < 1.29 is 23.9 Å². The molecule has 1 aromatic heterocycles. The molecular weight excluding hydrogens is 404 g/mol. The molecular formula is C22H26N2O5S. The minimum absolute atomic E-state index is 0.212. The van der Waals surface area contributed by atoms with Gasteiger partial charge in [0.15, 0.2) is 0 Å². The molecule has 7 nitrogen and oxygen atoms in total. The number of carbonyl (C=O) groups excluding carboxylic acids is 3. The highest BCUT2D eigenvalue weighted by molar-refractivity contribution is 7.16. The molecule has 1 atom stereocenters. The molecule has 1 saturated heterocycles. The number of carbonyl (C=O) groups is 3. The summed E-state index contributed by atoms with van der Waals surface area (Å²) in [6, 6.07) is 6.68. The first kappa shape index (κ1) is 22.0. The Labute approximate surface area is 179 Å². The molecule has 0 bridgehead atoms. The highest BCUT2D eigenvalue weighted by Crippen LogP contribution is 2.34. The zero-order valence-electron chi connectivity index (χ0n) is 17.4. The van der Waals surface area contributed by atoms with Gasteiger partial charge in [-0.25, -0.2) is 4.79 Å². The maximum atomic E-state index is 12.9. The molecule has 2 amide bonds. The molecule has 1 unspecified atom stereocenters. The molecule has 1 aliphatic heterocycles. The van der Waals surface area contributed by atoms with E-state index >= 15 is 0 Å². The summed E-state index contributed by atoms with van der Waals surface area (Å²) in [5.41, 5.74) is 2.19. The van der Waals surface area contributed by atoms with Crippen LogP contribution in [-0.4, -0.2) is 37.1 Å². The first-order valence-corrected chi connectivity index (χ1v) is 10.9. The molecule has 0 saturated carbocycles. The number of esters is 1. The third-order valence-corrected chi connectivity index (χ3v) is 5.95. The SMILES string of the molecule is CCOC(=O)c1c(NC(=O)c2cccc(NC(=O)C3CCCO3)c2)sc(C)c1CC. The third kappa shape index (κ3) is 4.88. The second-order valence-corrected chi connectivity index (χ2v) is 8.17. The van der Waals surface area contributed by atoms with Gasteiger partial charge in [0.05, 0.1) is 12.2 Å². The maximum Gasteiger partial charge on any atom is 0.341 e. The van der Waals surface area contributed by atoms with E-state index in [0.717, 1.165) is 16.9 Å². The fraction of sp³-hybridized carbons (Fsp3) is 0.409. The Morgan fingerprint density at radius 1 is 1.23 bits per heavy atom. The van der Waals surface area contributed by atoms with E-state index in [1.54, 1.807) is 31.2 Å². The summed E-state index contributed by atoms with van der Waals surface area (Å²) in [4.78, 5) is 38.5. The lowest BCUT2D eigenvalue weighted by Crippen LogP contribution is -2.27. The van der Waals surface area contributed by atoms with Crippen molar-refractivity contribution in [2.75, 3.05) is 23.8 Å². The Kier molecular flexibility index (Phi) is 7.23. The van der Waals surface area contributed by atoms with Crippen molar-refractivity contribution in [3.05, 3.63) is 45.8 Å². The standard InChI is InChI=1S/C22H26N2O5S/c1-4-16-13(3)30-21(18(16)22(27)28-5-2)24-19(25)14-8-6-9-15(12-14)23-20(26)17-10-7-11-29-17/h6,8-9,12,17H,4-5,7,10-11H2,1-3H3,(H,23,26)(H,24,25). The molecule has 1 aromatic carbocycles. The Morgan fingerprint density at radius 3 is 2.70 bits per heavy atom. The predicted molar refractivity (Wildman–Crippen MR) is 116 cm³/mol. The molecule has 3 rings (SSSR count). The maximum absolute atomic E-state index is 12.9. The molecule has 2 aromatic rings. The molecule has 2 N–H and O–H groups in total. The number of thiophene rings is 1. The summed E-state index contributed by atoms with van der Waals surface area (Å²) in [5.74, 6) is -1.01. The van der Waals surface area contributed by atoms with Gasteiger partial charge in [-0.15, -0.1) is 11.3 Å². The van der Waals surface area contributed by atoms with Crippen molar-refractivity contribution in [1.82, 2.24) is 0 Å². The Bertz CT molecular complexity index is 947. The van der Waals surface area contributed by atoms with Gasteiger partial charge in [-0.1, -0.05) is 13.0 Å². The topological polar surface area (TPSA) is 93.7 Å². The number of anilines is 2. The minimum Gasteiger partial charge on any atom is -0.462 e. The van der Waals surface area contributed by atoms with E-state index in [2.05, 4.69) is 10.6 Å². The van der Waals surface area contributed by atoms with Crippen molar-refractivity contribution in [1.29, 1.82) is 0 Å². The molecule has 0 radical (unpaired) electrons. The van der Waals surface area contributed by atoms with E-state index < -0.39 is 12.1 Å². The monoisotopic (exact) mass is 430 g/mol. The number of hydrogen-bond acceptors (Lipinski definition) is 6. The fourth-order valence-corrected chi connectivity index (χ4v) is 4.56. The molecule has 8 heteroatoms. The van der Waals surface area contributed by atoms with Crippen LogP contribution in [0.2, 0.25) is 0 Å². The summed E-state index contributed by atoms with van der Waals surface area (Å²) in [7, 11) is 0. The van der Waals surface area contributed by atoms with Crippen LogP contribution in [0.3, 0.4) is 0 Å². The normalized spacial score (nSPS) is 15.6. The molecule has 1 fully saturated rings. The predicted octanol–water partition coefficient (Wildman–Crippen LogP) is 4.17. The molecule has 1 aliphatic rings. The minimum atomic E-state index is -0.448. The van der Waals surface area contributed by atoms with Crippen LogP contribution in [-0.2, 0) is 20.7 Å². The van der Waals surface area contributed by atoms with Crippen molar-refractivity contribution in [3.8, 4) is 0 Å². The molecule has 2 heterocycles. The van der Waals surface area contributed by atoms with Gasteiger partial charge in [-0.2, -0.15) is 0 Å². The lowest BCUT2D eigenvalue weighted by molar-refractivity contribution is -0.124. The van der Waals surface area contributed by atoms with Crippen LogP contribution in [0.25, 0.3) is 0 Å². The summed E-state index contributed by atoms with van der Waals surface area (Å²) in [6.45, 7) is 6.48. The number of hydrogen-bond donors (Lipinski definition) is 2. The van der Waals surface area contributed by atoms with Crippen LogP contribution < -0.4 is 10.6 Å². The van der Waals surface area contributed by atoms with E-state index in [4.69, 9.17) is 9.47 Å². The van der Waals surface area contributed by atoms with Gasteiger partial charge < -0.3 is 20.1 Å². The fourth-order valence-electron chi connectivity index (χ4n) is 3.43. The Morgan fingerprint density at radius 2 is 2.03 bits per heavy atom. The molecule has 0 spiro atoms. The lowest BCUT2D eigenvalue weighted by Gasteiger charge is -2.12. The van der Waals surface area contributed by atoms with Gasteiger partial charge in [0.2, 0.25) is 0 Å². The van der Waals surface area contributed by atoms with Crippen molar-refractivity contribution in [2.45, 2.75) is 46.1 Å². The van der Waals surface area contributed by atoms with E-state index in [1.165, 1.54) is 11.3 Å². The lowest BCUT2D eigenvalue weighted by atomic mass is 10.1. The van der Waals surface area contributed by atoms with E-state index in [0.29, 0.717) is 41.3 Å². The number of rotatable bonds is 7. The van der Waals surface area contributed by atoms with Crippen LogP contribution in [0.5, 0.6) is 0 Å². The largest absolute Gasteiger partial charge is 0.462 e. The number of ether oxygens (including phenoxy) is 2. The second-order valence-electron chi connectivity index (χ2n) is 6.94. The van der Waals surface area contributed by atoms with Crippen molar-refractivity contribution in [3.63, 3.8) is 0 Å². The van der Waals surface area contributed by atoms with Gasteiger partial charge in [-0.3, -0.25) is 9.59 Å². The average molecular weight is 431 g/mol. The third-order valence-electron chi connectivity index (χ3n) is 4.88. The molecule has 0 aliphatic carbocycles. The average Bonchev–Trinajstić information content (AvgIpc) is 3.36. The van der Waals surface area contributed by atoms with Crippen LogP contribution in [0.4, 0.5) is 10.7 Å². The second kappa shape index (κ2) is 9.86. The van der Waals surface area contributed by atoms with Crippen LogP contribution in [0.15, 0.2) is 24.3 Å². The summed E-state index contributed by atoms with van der Waals surface area (Å²) >= 11 is 1.36. The van der Waals surface area contributed by atoms with Crippen LogP contribution in [0, 0.1) is 6.92 Å². The van der Waals surface area contributed by atoms with E-state index in [-0.39, 0.29) is 18.4 Å². The number of amides is 2. The van der Waals surface area contributed by atoms with Crippen molar-refractivity contribution >= 4 is 39.8 Å². The Hall–Kier alpha value is -2.71. The van der Waals surface area contributed by atoms with Gasteiger partial charge >= 0.3 is 5.97 Å². The van der Waals surface area contributed by atoms with Gasteiger partial charge in [0.1, 0.15) is 11.1 Å². The summed E-state index contributed by atoms with van der Waals surface area (Å²) in [6.07, 6.45) is 1.77. The highest BCUT2D eigenvalue weighted by atomic mass is 32.1. The number of aryl methyl sites for hydroxylation is 1. The first-order chi connectivity index (χ1) is 14.4. The smallest absolute Gasteiger partial charge is 0.341 e. The molecule has 160 valence electrons. The van der Waals surface area contributed by atoms with E-state index in [1.807, 2.05) is 13.8 Å². The zero-order valence-corrected chi connectivity index (χ0v) is 18.2. The van der Waals surface area contributed by atoms with Gasteiger partial charge in [0, 0.05) is 22.7 Å². The Balaban J connectivity index is 1.78. The van der Waals surface area contributed by atoms with Crippen LogP contribution >= 0.6 is 11.3 Å². The van der Waals surface area contributed by atoms with Gasteiger partial charge in [0.25, 0.3) is 11.8 Å². The molecule has 30 heavy (non-hydrogen) atoms. The van der Waals surface area contributed by atoms with E-state index in [9.17, 15) is 14.4 Å². The van der Waals surface area contributed by atoms with Gasteiger partial charge in [-0.05, 0) is 56.9 Å². The zero-order chi connectivity index (χ0) is 21.7. The quantitative estimate of drug-likeness (QED) is 0.643. The van der Waals surface area contributed by atoms with Crippen LogP contribution in [0.1, 0.15) is 57.8 Å². The number of nitrogens with one attached hydrogen (secondary N) is 2.